The van der Waals surface area contributed by atoms with Crippen molar-refractivity contribution in [2.24, 2.45) is 5.10 Å². The first-order valence-electron chi connectivity index (χ1n) is 12.5. The van der Waals surface area contributed by atoms with Gasteiger partial charge in [-0.25, -0.2) is 10.2 Å². The third kappa shape index (κ3) is 9.10. The molecular formula is C29H30N4O8. The molecule has 41 heavy (non-hydrogen) atoms. The summed E-state index contributed by atoms with van der Waals surface area (Å²) in [6.45, 7) is 1.41. The molecule has 0 aliphatic rings. The summed E-state index contributed by atoms with van der Waals surface area (Å²) in [6, 6.07) is 17.8. The third-order valence-corrected chi connectivity index (χ3v) is 5.39. The Kier molecular flexibility index (Phi) is 11.2. The van der Waals surface area contributed by atoms with E-state index in [4.69, 9.17) is 18.9 Å². The van der Waals surface area contributed by atoms with E-state index in [2.05, 4.69) is 21.2 Å². The number of anilines is 1. The highest BCUT2D eigenvalue weighted by atomic mass is 16.5. The maximum absolute atomic E-state index is 12.3. The van der Waals surface area contributed by atoms with Gasteiger partial charge in [-0.05, 0) is 67.1 Å². The van der Waals surface area contributed by atoms with Crippen LogP contribution in [0.2, 0.25) is 0 Å². The van der Waals surface area contributed by atoms with Gasteiger partial charge in [0.15, 0.2) is 18.1 Å². The Hall–Kier alpha value is -5.39. The molecule has 3 N–H and O–H groups in total. The molecule has 12 nitrogen and oxygen atoms in total. The minimum Gasteiger partial charge on any atom is -0.496 e. The average Bonchev–Trinajstić information content (AvgIpc) is 2.99. The van der Waals surface area contributed by atoms with Crippen LogP contribution < -0.4 is 30.3 Å². The summed E-state index contributed by atoms with van der Waals surface area (Å²) < 4.78 is 21.0. The lowest BCUT2D eigenvalue weighted by Crippen LogP contribution is -2.35. The second-order valence-electron chi connectivity index (χ2n) is 8.22. The standard InChI is InChI=1S/C29H30N4O8/c1-4-40-29(37)20-10-12-21(13-11-20)32-27(35)18-41-24-14-9-19(15-25(24)39-3)16-31-33-26(34)17-30-28(36)22-7-5-6-8-23(22)38-2/h5-16H,4,17-18H2,1-3H3,(H,30,36)(H,32,35)(H,33,34). The molecule has 0 radical (unpaired) electrons. The summed E-state index contributed by atoms with van der Waals surface area (Å²) in [5.41, 5.74) is 4.09. The number of rotatable bonds is 13. The van der Waals surface area contributed by atoms with Gasteiger partial charge in [0.05, 0.1) is 44.7 Å². The zero-order chi connectivity index (χ0) is 29.6. The van der Waals surface area contributed by atoms with Crippen LogP contribution >= 0.6 is 0 Å². The Labute approximate surface area is 236 Å². The Bertz CT molecular complexity index is 1410. The van der Waals surface area contributed by atoms with Gasteiger partial charge >= 0.3 is 5.97 Å². The van der Waals surface area contributed by atoms with Crippen molar-refractivity contribution in [1.29, 1.82) is 0 Å². The molecule has 0 bridgehead atoms. The van der Waals surface area contributed by atoms with E-state index in [-0.39, 0.29) is 19.8 Å². The van der Waals surface area contributed by atoms with Gasteiger partial charge in [-0.1, -0.05) is 12.1 Å². The molecule has 0 aliphatic heterocycles. The molecule has 12 heteroatoms. The number of nitrogens with zero attached hydrogens (tertiary/aromatic N) is 1. The minimum absolute atomic E-state index is 0.273. The number of ether oxygens (including phenoxy) is 4. The van der Waals surface area contributed by atoms with E-state index >= 15 is 0 Å². The number of benzene rings is 3. The summed E-state index contributed by atoms with van der Waals surface area (Å²) in [7, 11) is 2.90. The predicted molar refractivity (Wildman–Crippen MR) is 151 cm³/mol. The van der Waals surface area contributed by atoms with E-state index < -0.39 is 23.7 Å². The maximum Gasteiger partial charge on any atom is 0.338 e. The lowest BCUT2D eigenvalue weighted by molar-refractivity contribution is -0.120. The number of amides is 3. The molecule has 0 spiro atoms. The number of nitrogens with one attached hydrogen (secondary N) is 3. The quantitative estimate of drug-likeness (QED) is 0.163. The molecule has 0 unspecified atom stereocenters. The Morgan fingerprint density at radius 1 is 0.854 bits per heavy atom. The maximum atomic E-state index is 12.3. The normalized spacial score (nSPS) is 10.4. The van der Waals surface area contributed by atoms with Crippen LogP contribution in [-0.2, 0) is 14.3 Å². The van der Waals surface area contributed by atoms with Crippen LogP contribution in [0.25, 0.3) is 0 Å². The van der Waals surface area contributed by atoms with Crippen LogP contribution in [0.1, 0.15) is 33.2 Å². The molecule has 3 aromatic rings. The Morgan fingerprint density at radius 2 is 1.59 bits per heavy atom. The largest absolute Gasteiger partial charge is 0.496 e. The van der Waals surface area contributed by atoms with E-state index in [1.807, 2.05) is 0 Å². The zero-order valence-corrected chi connectivity index (χ0v) is 22.8. The minimum atomic E-state index is -0.530. The monoisotopic (exact) mass is 562 g/mol. The third-order valence-electron chi connectivity index (χ3n) is 5.39. The topological polar surface area (TPSA) is 154 Å². The molecule has 214 valence electrons. The van der Waals surface area contributed by atoms with Gasteiger partial charge in [0.2, 0.25) is 0 Å². The van der Waals surface area contributed by atoms with Crippen molar-refractivity contribution in [3.05, 3.63) is 83.4 Å². The Balaban J connectivity index is 1.47. The first kappa shape index (κ1) is 30.2. The lowest BCUT2D eigenvalue weighted by Gasteiger charge is -2.12. The molecule has 0 saturated heterocycles. The average molecular weight is 563 g/mol. The zero-order valence-electron chi connectivity index (χ0n) is 22.8. The second-order valence-corrected chi connectivity index (χ2v) is 8.22. The van der Waals surface area contributed by atoms with Gasteiger partial charge in [-0.3, -0.25) is 14.4 Å². The number of carbonyl (C=O) groups is 4. The number of hydrogen-bond donors (Lipinski definition) is 3. The van der Waals surface area contributed by atoms with Crippen LogP contribution in [0.3, 0.4) is 0 Å². The van der Waals surface area contributed by atoms with E-state index in [9.17, 15) is 19.2 Å². The van der Waals surface area contributed by atoms with Crippen molar-refractivity contribution < 1.29 is 38.1 Å². The first-order valence-corrected chi connectivity index (χ1v) is 12.5. The van der Waals surface area contributed by atoms with Crippen LogP contribution in [-0.4, -0.2) is 63.9 Å². The van der Waals surface area contributed by atoms with Crippen molar-refractivity contribution >= 4 is 35.6 Å². The molecule has 3 aromatic carbocycles. The van der Waals surface area contributed by atoms with Crippen LogP contribution in [0.4, 0.5) is 5.69 Å². The van der Waals surface area contributed by atoms with Crippen molar-refractivity contribution in [2.45, 2.75) is 6.92 Å². The van der Waals surface area contributed by atoms with Gasteiger partial charge < -0.3 is 29.6 Å². The molecule has 0 atom stereocenters. The number of methoxy groups -OCH3 is 2. The van der Waals surface area contributed by atoms with Gasteiger partial charge in [-0.2, -0.15) is 5.10 Å². The van der Waals surface area contributed by atoms with Crippen molar-refractivity contribution in [3.8, 4) is 17.2 Å². The van der Waals surface area contributed by atoms with Gasteiger partial charge in [-0.15, -0.1) is 0 Å². The molecule has 0 saturated carbocycles. The molecule has 3 amide bonds. The fourth-order valence-corrected chi connectivity index (χ4v) is 3.43. The van der Waals surface area contributed by atoms with Crippen LogP contribution in [0, 0.1) is 0 Å². The van der Waals surface area contributed by atoms with Crippen LogP contribution in [0.5, 0.6) is 17.2 Å². The molecule has 3 rings (SSSR count). The number of hydrogen-bond acceptors (Lipinski definition) is 9. The SMILES string of the molecule is CCOC(=O)c1ccc(NC(=O)COc2ccc(C=NNC(=O)CNC(=O)c3ccccc3OC)cc2OC)cc1. The van der Waals surface area contributed by atoms with Gasteiger partial charge in [0, 0.05) is 5.69 Å². The summed E-state index contributed by atoms with van der Waals surface area (Å²) in [5, 5.41) is 9.07. The number of hydrazone groups is 1. The number of para-hydroxylation sites is 1. The fraction of sp³-hybridized carbons (Fsp3) is 0.207. The highest BCUT2D eigenvalue weighted by Crippen LogP contribution is 2.27. The van der Waals surface area contributed by atoms with E-state index in [0.717, 1.165) is 0 Å². The summed E-state index contributed by atoms with van der Waals surface area (Å²) in [6.07, 6.45) is 1.39. The molecule has 0 fully saturated rings. The fourth-order valence-electron chi connectivity index (χ4n) is 3.43. The first-order chi connectivity index (χ1) is 19.8. The molecule has 0 heterocycles. The van der Waals surface area contributed by atoms with E-state index in [1.54, 1.807) is 73.7 Å². The molecular weight excluding hydrogens is 532 g/mol. The summed E-state index contributed by atoms with van der Waals surface area (Å²) >= 11 is 0. The van der Waals surface area contributed by atoms with E-state index in [0.29, 0.717) is 39.6 Å². The van der Waals surface area contributed by atoms with Gasteiger partial charge in [0.25, 0.3) is 17.7 Å². The number of carbonyl (C=O) groups excluding carboxylic acids is 4. The summed E-state index contributed by atoms with van der Waals surface area (Å²) in [5.74, 6) is -0.781. The van der Waals surface area contributed by atoms with Crippen molar-refractivity contribution in [1.82, 2.24) is 10.7 Å². The van der Waals surface area contributed by atoms with E-state index in [1.165, 1.54) is 20.4 Å². The second kappa shape index (κ2) is 15.3. The smallest absolute Gasteiger partial charge is 0.338 e. The highest BCUT2D eigenvalue weighted by molar-refractivity contribution is 5.99. The summed E-state index contributed by atoms with van der Waals surface area (Å²) in [4.78, 5) is 48.4. The van der Waals surface area contributed by atoms with Crippen LogP contribution in [0.15, 0.2) is 71.8 Å². The molecule has 0 aliphatic carbocycles. The Morgan fingerprint density at radius 3 is 2.29 bits per heavy atom. The predicted octanol–water partition coefficient (Wildman–Crippen LogP) is 2.78. The van der Waals surface area contributed by atoms with Crippen molar-refractivity contribution in [3.63, 3.8) is 0 Å². The van der Waals surface area contributed by atoms with Gasteiger partial charge in [0.1, 0.15) is 5.75 Å². The lowest BCUT2D eigenvalue weighted by atomic mass is 10.2. The number of esters is 1. The molecule has 0 aromatic heterocycles. The van der Waals surface area contributed by atoms with Crippen molar-refractivity contribution in [2.75, 3.05) is 39.3 Å². The highest BCUT2D eigenvalue weighted by Gasteiger charge is 2.13.